The Hall–Kier alpha value is -3.77. The number of benzene rings is 4. The third-order valence-electron chi connectivity index (χ3n) is 8.75. The van der Waals surface area contributed by atoms with Crippen LogP contribution in [0.15, 0.2) is 73.1 Å². The van der Waals surface area contributed by atoms with Crippen molar-refractivity contribution in [2.75, 3.05) is 0 Å². The Morgan fingerprint density at radius 3 is 2.21 bits per heavy atom. The average molecular weight is 498 g/mol. The fraction of sp³-hybridized carbons (Fsp3) is 0.343. The molecule has 38 heavy (non-hydrogen) atoms. The summed E-state index contributed by atoms with van der Waals surface area (Å²) in [6.45, 7) is 19.6. The van der Waals surface area contributed by atoms with Crippen molar-refractivity contribution < 1.29 is 0 Å². The molecule has 1 saturated carbocycles. The van der Waals surface area contributed by atoms with Gasteiger partial charge in [-0.05, 0) is 69.7 Å². The summed E-state index contributed by atoms with van der Waals surface area (Å²) in [7, 11) is 0. The molecule has 1 aliphatic carbocycles. The third kappa shape index (κ3) is 4.04. The first-order valence-electron chi connectivity index (χ1n) is 13.7. The first-order valence-corrected chi connectivity index (χ1v) is 13.7. The highest BCUT2D eigenvalue weighted by Crippen LogP contribution is 2.48. The third-order valence-corrected chi connectivity index (χ3v) is 8.75. The van der Waals surface area contributed by atoms with Gasteiger partial charge in [0.2, 0.25) is 0 Å². The second kappa shape index (κ2) is 8.63. The second-order valence-electron chi connectivity index (χ2n) is 12.9. The van der Waals surface area contributed by atoms with Crippen LogP contribution in [0.25, 0.3) is 48.6 Å². The number of rotatable bonds is 2. The van der Waals surface area contributed by atoms with E-state index in [9.17, 15) is 0 Å². The van der Waals surface area contributed by atoms with E-state index in [1.54, 1.807) is 6.33 Å². The minimum absolute atomic E-state index is 0.00867. The van der Waals surface area contributed by atoms with E-state index in [0.717, 1.165) is 64.2 Å². The first kappa shape index (κ1) is 24.6. The maximum absolute atomic E-state index is 8.10. The molecule has 1 heterocycles. The summed E-state index contributed by atoms with van der Waals surface area (Å²) >= 11 is 0. The van der Waals surface area contributed by atoms with E-state index in [1.165, 1.54) is 16.3 Å². The van der Waals surface area contributed by atoms with Gasteiger partial charge in [0.15, 0.2) is 0 Å². The summed E-state index contributed by atoms with van der Waals surface area (Å²) in [5.74, 6) is 0. The molecule has 0 spiro atoms. The molecule has 1 aromatic heterocycles. The minimum Gasteiger partial charge on any atom is -0.305 e. The smallest absolute Gasteiger partial charge is 0.257 e. The summed E-state index contributed by atoms with van der Waals surface area (Å²) in [4.78, 5) is 13.8. The van der Waals surface area contributed by atoms with Gasteiger partial charge >= 0.3 is 0 Å². The molecule has 6 rings (SSSR count). The van der Waals surface area contributed by atoms with Crippen LogP contribution in [-0.4, -0.2) is 9.97 Å². The predicted octanol–water partition coefficient (Wildman–Crippen LogP) is 9.62. The first-order chi connectivity index (χ1) is 18.1. The molecule has 3 nitrogen and oxygen atoms in total. The summed E-state index contributed by atoms with van der Waals surface area (Å²) in [6.07, 6.45) is 5.72. The van der Waals surface area contributed by atoms with Crippen LogP contribution in [0.5, 0.6) is 0 Å². The maximum atomic E-state index is 8.10. The minimum atomic E-state index is -0.413. The highest BCUT2D eigenvalue weighted by atomic mass is 14.8. The van der Waals surface area contributed by atoms with Crippen LogP contribution < -0.4 is 0 Å². The van der Waals surface area contributed by atoms with Gasteiger partial charge in [0.05, 0.1) is 11.2 Å². The zero-order valence-electron chi connectivity index (χ0n) is 23.1. The molecular formula is C35H35N3. The molecule has 1 fully saturated rings. The normalized spacial score (nSPS) is 17.1. The van der Waals surface area contributed by atoms with Gasteiger partial charge in [-0.1, -0.05) is 77.1 Å². The summed E-state index contributed by atoms with van der Waals surface area (Å²) in [5, 5.41) is 5.83. The fourth-order valence-corrected chi connectivity index (χ4v) is 6.25. The van der Waals surface area contributed by atoms with Crippen molar-refractivity contribution in [3.05, 3.63) is 95.6 Å². The van der Waals surface area contributed by atoms with Crippen LogP contribution in [0.3, 0.4) is 0 Å². The summed E-state index contributed by atoms with van der Waals surface area (Å²) in [5.41, 5.74) is 5.43. The number of hydrogen-bond donors (Lipinski definition) is 0. The monoisotopic (exact) mass is 497 g/mol. The van der Waals surface area contributed by atoms with Gasteiger partial charge in [0.25, 0.3) is 5.54 Å². The van der Waals surface area contributed by atoms with E-state index in [4.69, 9.17) is 16.5 Å². The van der Waals surface area contributed by atoms with Crippen LogP contribution in [0, 0.1) is 12.0 Å². The molecule has 190 valence electrons. The zero-order valence-corrected chi connectivity index (χ0v) is 23.1. The Labute approximate surface area is 225 Å². The van der Waals surface area contributed by atoms with E-state index >= 15 is 0 Å². The molecule has 4 aromatic carbocycles. The van der Waals surface area contributed by atoms with Crippen LogP contribution >= 0.6 is 0 Å². The molecule has 0 unspecified atom stereocenters. The van der Waals surface area contributed by atoms with Gasteiger partial charge in [0.1, 0.15) is 6.33 Å². The molecule has 0 atom stereocenters. The number of aromatic nitrogens is 2. The molecule has 0 N–H and O–H groups in total. The van der Waals surface area contributed by atoms with Gasteiger partial charge < -0.3 is 4.85 Å². The zero-order chi connectivity index (χ0) is 26.7. The second-order valence-corrected chi connectivity index (χ2v) is 12.9. The van der Waals surface area contributed by atoms with Crippen LogP contribution in [0.2, 0.25) is 0 Å². The lowest BCUT2D eigenvalue weighted by Gasteiger charge is -2.36. The highest BCUT2D eigenvalue weighted by molar-refractivity contribution is 6.09. The number of fused-ring (bicyclic) bond motifs is 4. The van der Waals surface area contributed by atoms with E-state index < -0.39 is 5.54 Å². The molecule has 0 saturated heterocycles. The Balaban J connectivity index is 1.50. The van der Waals surface area contributed by atoms with Crippen molar-refractivity contribution in [1.82, 2.24) is 9.97 Å². The lowest BCUT2D eigenvalue weighted by molar-refractivity contribution is 0.188. The molecule has 0 amide bonds. The molecule has 3 heteroatoms. The van der Waals surface area contributed by atoms with Crippen LogP contribution in [0.1, 0.15) is 71.4 Å². The van der Waals surface area contributed by atoms with Crippen molar-refractivity contribution in [1.29, 1.82) is 0 Å². The Bertz CT molecular complexity index is 1740. The van der Waals surface area contributed by atoms with Crippen molar-refractivity contribution in [3.8, 4) is 11.3 Å². The molecule has 0 bridgehead atoms. The van der Waals surface area contributed by atoms with Gasteiger partial charge in [-0.25, -0.2) is 16.5 Å². The van der Waals surface area contributed by atoms with E-state index in [1.807, 2.05) is 0 Å². The van der Waals surface area contributed by atoms with Gasteiger partial charge in [-0.3, -0.25) is 0 Å². The Morgan fingerprint density at radius 2 is 1.47 bits per heavy atom. The van der Waals surface area contributed by atoms with Gasteiger partial charge in [-0.15, -0.1) is 0 Å². The van der Waals surface area contributed by atoms with Crippen molar-refractivity contribution in [2.45, 2.75) is 71.3 Å². The van der Waals surface area contributed by atoms with Gasteiger partial charge in [0, 0.05) is 34.7 Å². The van der Waals surface area contributed by atoms with E-state index in [-0.39, 0.29) is 5.41 Å². The van der Waals surface area contributed by atoms with Crippen molar-refractivity contribution >= 4 is 32.4 Å². The quantitative estimate of drug-likeness (QED) is 0.179. The van der Waals surface area contributed by atoms with Gasteiger partial charge in [-0.2, -0.15) is 0 Å². The lowest BCUT2D eigenvalue weighted by Crippen LogP contribution is -2.32. The maximum Gasteiger partial charge on any atom is 0.257 e. The number of nitrogens with zero attached hydrogens (tertiary/aromatic N) is 3. The molecule has 0 aliphatic heterocycles. The molecule has 5 aromatic rings. The van der Waals surface area contributed by atoms with Crippen molar-refractivity contribution in [2.24, 2.45) is 5.41 Å². The molecule has 1 aliphatic rings. The Morgan fingerprint density at radius 1 is 0.763 bits per heavy atom. The SMILES string of the molecule is [C-]#[N+]C1(c2ccc3c(ccc4c(-c5cc(C(C)(C)C)c6ccccc6c5)ncnc43)c2)CCC(C)(C)CC1. The fourth-order valence-electron chi connectivity index (χ4n) is 6.25. The highest BCUT2D eigenvalue weighted by Gasteiger charge is 2.45. The molecule has 0 radical (unpaired) electrons. The van der Waals surface area contributed by atoms with Crippen LogP contribution in [0.4, 0.5) is 0 Å². The Kier molecular flexibility index (Phi) is 5.58. The van der Waals surface area contributed by atoms with Crippen LogP contribution in [-0.2, 0) is 11.0 Å². The predicted molar refractivity (Wildman–Crippen MR) is 159 cm³/mol. The van der Waals surface area contributed by atoms with E-state index in [2.05, 4.69) is 106 Å². The average Bonchev–Trinajstić information content (AvgIpc) is 2.91. The lowest BCUT2D eigenvalue weighted by atomic mass is 9.67. The topological polar surface area (TPSA) is 30.1 Å². The molecular weight excluding hydrogens is 462 g/mol. The number of hydrogen-bond acceptors (Lipinski definition) is 2. The summed E-state index contributed by atoms with van der Waals surface area (Å²) in [6, 6.07) is 24.1. The standard InChI is InChI=1S/C35H35N3/c1-33(2,3)30-21-25(19-23-9-7-8-10-27(23)30)31-29-13-11-24-20-26(12-14-28(24)32(29)38-22-37-31)35(36-6)17-15-34(4,5)16-18-35/h7-14,19-22H,15-18H2,1-5H3. The van der Waals surface area contributed by atoms with E-state index in [0.29, 0.717) is 5.41 Å². The van der Waals surface area contributed by atoms with Crippen molar-refractivity contribution in [3.63, 3.8) is 0 Å². The summed E-state index contributed by atoms with van der Waals surface area (Å²) < 4.78 is 0. The largest absolute Gasteiger partial charge is 0.305 e.